The van der Waals surface area contributed by atoms with Gasteiger partial charge < -0.3 is 5.32 Å². The van der Waals surface area contributed by atoms with Gasteiger partial charge in [-0.05, 0) is 54.7 Å². The molecule has 10 heteroatoms. The number of benzene rings is 2. The van der Waals surface area contributed by atoms with Crippen LogP contribution < -0.4 is 5.32 Å². The van der Waals surface area contributed by atoms with E-state index in [2.05, 4.69) is 35.8 Å². The van der Waals surface area contributed by atoms with E-state index in [9.17, 15) is 22.1 Å². The Bertz CT molecular complexity index is 926. The number of halogens is 4. The van der Waals surface area contributed by atoms with Crippen molar-refractivity contribution in [1.82, 2.24) is 5.32 Å². The first-order chi connectivity index (χ1) is 16.0. The molecular formula is C24H31F4NO3PS+. The van der Waals surface area contributed by atoms with Crippen LogP contribution in [0.15, 0.2) is 47.4 Å². The quantitative estimate of drug-likeness (QED) is 0.119. The summed E-state index contributed by atoms with van der Waals surface area (Å²) in [5.74, 6) is -0.221. The van der Waals surface area contributed by atoms with Gasteiger partial charge in [-0.2, -0.15) is 13.2 Å². The van der Waals surface area contributed by atoms with E-state index in [1.165, 1.54) is 5.56 Å². The minimum absolute atomic E-state index is 0.0209. The predicted octanol–water partition coefficient (Wildman–Crippen LogP) is 7.23. The Labute approximate surface area is 203 Å². The minimum atomic E-state index is -4.58. The Hall–Kier alpha value is -1.51. The Kier molecular flexibility index (Phi) is 11.4. The van der Waals surface area contributed by atoms with E-state index in [0.717, 1.165) is 43.2 Å². The van der Waals surface area contributed by atoms with Crippen molar-refractivity contribution in [2.24, 2.45) is 0 Å². The third-order valence-corrected chi connectivity index (χ3v) is 7.02. The zero-order chi connectivity index (χ0) is 25.2. The Balaban J connectivity index is 1.90. The first kappa shape index (κ1) is 28.7. The summed E-state index contributed by atoms with van der Waals surface area (Å²) < 4.78 is 70.3. The third kappa shape index (κ3) is 9.62. The largest absolute Gasteiger partial charge is 0.694 e. The van der Waals surface area contributed by atoms with Crippen molar-refractivity contribution in [3.8, 4) is 0 Å². The van der Waals surface area contributed by atoms with Crippen LogP contribution in [0.25, 0.3) is 0 Å². The Morgan fingerprint density at radius 1 is 1.09 bits per heavy atom. The number of alkyl halides is 3. The molecule has 1 unspecified atom stereocenters. The van der Waals surface area contributed by atoms with Crippen LogP contribution in [0.2, 0.25) is 0 Å². The number of nitrogens with one attached hydrogen (secondary N) is 1. The molecule has 0 aliphatic heterocycles. The fourth-order valence-corrected chi connectivity index (χ4v) is 4.89. The molecular weight excluding hydrogens is 489 g/mol. The van der Waals surface area contributed by atoms with Crippen LogP contribution in [0.3, 0.4) is 0 Å². The lowest BCUT2D eigenvalue weighted by Gasteiger charge is -2.25. The first-order valence-electron chi connectivity index (χ1n) is 11.1. The fourth-order valence-electron chi connectivity index (χ4n) is 3.52. The van der Waals surface area contributed by atoms with Gasteiger partial charge in [-0.3, -0.25) is 0 Å². The molecule has 0 heterocycles. The van der Waals surface area contributed by atoms with E-state index in [0.29, 0.717) is 18.7 Å². The highest BCUT2D eigenvalue weighted by Crippen LogP contribution is 2.39. The zero-order valence-electron chi connectivity index (χ0n) is 19.3. The standard InChI is InChI=1S/C24H30F4NO3PS/c1-23(2,19-9-4-3-5-10-19)11-6-7-14-34-22-16-21(25)18(15-20(22)24(26,27)28)17-29-12-8-13-32-33(30)31/h3-5,9-10,15-16,29H,6-8,11-14,17H2,1-2H3/p+1. The van der Waals surface area contributed by atoms with Crippen molar-refractivity contribution >= 4 is 20.0 Å². The van der Waals surface area contributed by atoms with Crippen molar-refractivity contribution in [1.29, 1.82) is 0 Å². The van der Waals surface area contributed by atoms with E-state index < -0.39 is 25.8 Å². The molecule has 2 N–H and O–H groups in total. The lowest BCUT2D eigenvalue weighted by atomic mass is 9.80. The number of thioether (sulfide) groups is 1. The maximum absolute atomic E-state index is 14.5. The normalized spacial score (nSPS) is 12.7. The molecule has 4 nitrogen and oxygen atoms in total. The van der Waals surface area contributed by atoms with Crippen molar-refractivity contribution in [2.45, 2.75) is 62.6 Å². The molecule has 0 bridgehead atoms. The second-order valence-electron chi connectivity index (χ2n) is 8.59. The van der Waals surface area contributed by atoms with Gasteiger partial charge in [0, 0.05) is 21.6 Å². The maximum atomic E-state index is 14.5. The van der Waals surface area contributed by atoms with Crippen LogP contribution >= 0.6 is 20.0 Å². The molecule has 1 atom stereocenters. The maximum Gasteiger partial charge on any atom is 0.694 e. The first-order valence-corrected chi connectivity index (χ1v) is 13.2. The fraction of sp³-hybridized carbons (Fsp3) is 0.500. The Morgan fingerprint density at radius 3 is 2.44 bits per heavy atom. The summed E-state index contributed by atoms with van der Waals surface area (Å²) in [7, 11) is -2.68. The van der Waals surface area contributed by atoms with Crippen molar-refractivity contribution in [3.63, 3.8) is 0 Å². The summed E-state index contributed by atoms with van der Waals surface area (Å²) >= 11 is 1.03. The SMILES string of the molecule is CC(C)(CCCCSc1cc(F)c(CNCCCO[P+](=O)O)cc1C(F)(F)F)c1ccccc1. The van der Waals surface area contributed by atoms with Gasteiger partial charge in [-0.15, -0.1) is 21.2 Å². The zero-order valence-corrected chi connectivity index (χ0v) is 21.0. The Morgan fingerprint density at radius 2 is 1.79 bits per heavy atom. The molecule has 0 aliphatic rings. The number of hydrogen-bond acceptors (Lipinski definition) is 4. The van der Waals surface area contributed by atoms with Crippen LogP contribution in [-0.4, -0.2) is 23.8 Å². The van der Waals surface area contributed by atoms with Crippen molar-refractivity contribution < 1.29 is 31.5 Å². The summed E-state index contributed by atoms with van der Waals surface area (Å²) in [4.78, 5) is 8.44. The molecule has 0 fully saturated rings. The van der Waals surface area contributed by atoms with Crippen LogP contribution in [0.1, 0.15) is 56.2 Å². The van der Waals surface area contributed by atoms with E-state index in [-0.39, 0.29) is 29.0 Å². The molecule has 0 saturated carbocycles. The average molecular weight is 521 g/mol. The molecule has 188 valence electrons. The van der Waals surface area contributed by atoms with Crippen molar-refractivity contribution in [3.05, 3.63) is 65.0 Å². The van der Waals surface area contributed by atoms with Gasteiger partial charge in [0.25, 0.3) is 0 Å². The highest BCUT2D eigenvalue weighted by Gasteiger charge is 2.34. The van der Waals surface area contributed by atoms with Gasteiger partial charge >= 0.3 is 14.4 Å². The highest BCUT2D eigenvalue weighted by atomic mass is 32.2. The van der Waals surface area contributed by atoms with E-state index >= 15 is 0 Å². The molecule has 0 saturated heterocycles. The molecule has 34 heavy (non-hydrogen) atoms. The number of unbranched alkanes of at least 4 members (excludes halogenated alkanes) is 1. The topological polar surface area (TPSA) is 58.6 Å². The average Bonchev–Trinajstić information content (AvgIpc) is 2.76. The smallest absolute Gasteiger partial charge is 0.312 e. The number of hydrogen-bond donors (Lipinski definition) is 2. The summed E-state index contributed by atoms with van der Waals surface area (Å²) in [6.07, 6.45) is -1.73. The highest BCUT2D eigenvalue weighted by molar-refractivity contribution is 7.99. The monoisotopic (exact) mass is 520 g/mol. The lowest BCUT2D eigenvalue weighted by Crippen LogP contribution is -2.18. The summed E-state index contributed by atoms with van der Waals surface area (Å²) in [5, 5.41) is 2.83. The van der Waals surface area contributed by atoms with Crippen LogP contribution in [-0.2, 0) is 27.2 Å². The molecule has 2 rings (SSSR count). The second-order valence-corrected chi connectivity index (χ2v) is 10.5. The predicted molar refractivity (Wildman–Crippen MR) is 128 cm³/mol. The van der Waals surface area contributed by atoms with E-state index in [1.807, 2.05) is 18.2 Å². The second kappa shape index (κ2) is 13.5. The number of rotatable bonds is 14. The molecule has 0 radical (unpaired) electrons. The van der Waals surface area contributed by atoms with Gasteiger partial charge in [0.1, 0.15) is 12.4 Å². The van der Waals surface area contributed by atoms with Crippen molar-refractivity contribution in [2.75, 3.05) is 18.9 Å². The molecule has 2 aromatic rings. The molecule has 0 aromatic heterocycles. The van der Waals surface area contributed by atoms with Gasteiger partial charge in [0.05, 0.1) is 5.56 Å². The molecule has 0 aliphatic carbocycles. The van der Waals surface area contributed by atoms with Crippen LogP contribution in [0.5, 0.6) is 0 Å². The van der Waals surface area contributed by atoms with Gasteiger partial charge in [-0.25, -0.2) is 4.39 Å². The van der Waals surface area contributed by atoms with E-state index in [1.54, 1.807) is 0 Å². The van der Waals surface area contributed by atoms with E-state index in [4.69, 9.17) is 4.89 Å². The lowest BCUT2D eigenvalue weighted by molar-refractivity contribution is -0.139. The third-order valence-electron chi connectivity index (χ3n) is 5.48. The van der Waals surface area contributed by atoms with Gasteiger partial charge in [0.15, 0.2) is 0 Å². The summed E-state index contributed by atoms with van der Waals surface area (Å²) in [6.45, 7) is 4.55. The van der Waals surface area contributed by atoms with Crippen LogP contribution in [0.4, 0.5) is 17.6 Å². The van der Waals surface area contributed by atoms with Gasteiger partial charge in [-0.1, -0.05) is 50.6 Å². The summed E-state index contributed by atoms with van der Waals surface area (Å²) in [6, 6.07) is 11.9. The summed E-state index contributed by atoms with van der Waals surface area (Å²) in [5.41, 5.74) is 0.298. The molecule has 0 amide bonds. The van der Waals surface area contributed by atoms with Gasteiger partial charge in [0.2, 0.25) is 0 Å². The molecule has 0 spiro atoms. The van der Waals surface area contributed by atoms with Crippen LogP contribution in [0, 0.1) is 5.82 Å². The molecule has 2 aromatic carbocycles. The minimum Gasteiger partial charge on any atom is -0.312 e.